The standard InChI is InChI=1S/C14H19N3O/c1-3-7-18-13-6-4-5-11(8-13)14-16-10-12(9-15)17(14)2/h4-6,8,10H,3,7,9,15H2,1-2H3. The molecular formula is C14H19N3O. The van der Waals surface area contributed by atoms with Crippen molar-refractivity contribution in [2.75, 3.05) is 6.61 Å². The van der Waals surface area contributed by atoms with Crippen LogP contribution in [-0.2, 0) is 13.6 Å². The van der Waals surface area contributed by atoms with E-state index < -0.39 is 0 Å². The molecule has 4 nitrogen and oxygen atoms in total. The molecule has 2 aromatic rings. The maximum atomic E-state index is 5.65. The summed E-state index contributed by atoms with van der Waals surface area (Å²) in [6.07, 6.45) is 2.82. The molecule has 1 heterocycles. The van der Waals surface area contributed by atoms with E-state index in [-0.39, 0.29) is 0 Å². The molecule has 18 heavy (non-hydrogen) atoms. The van der Waals surface area contributed by atoms with E-state index in [4.69, 9.17) is 10.5 Å². The fourth-order valence-corrected chi connectivity index (χ4v) is 1.85. The summed E-state index contributed by atoms with van der Waals surface area (Å²) < 4.78 is 7.64. The van der Waals surface area contributed by atoms with Crippen LogP contribution in [0.4, 0.5) is 0 Å². The van der Waals surface area contributed by atoms with Crippen LogP contribution in [0.3, 0.4) is 0 Å². The quantitative estimate of drug-likeness (QED) is 0.879. The van der Waals surface area contributed by atoms with E-state index in [2.05, 4.69) is 11.9 Å². The molecule has 0 atom stereocenters. The smallest absolute Gasteiger partial charge is 0.140 e. The van der Waals surface area contributed by atoms with Gasteiger partial charge in [-0.3, -0.25) is 0 Å². The number of ether oxygens (including phenoxy) is 1. The van der Waals surface area contributed by atoms with Crippen molar-refractivity contribution in [2.24, 2.45) is 12.8 Å². The van der Waals surface area contributed by atoms with Crippen LogP contribution in [0.1, 0.15) is 19.0 Å². The zero-order valence-electron chi connectivity index (χ0n) is 10.9. The lowest BCUT2D eigenvalue weighted by Gasteiger charge is -2.08. The van der Waals surface area contributed by atoms with Crippen LogP contribution in [0.25, 0.3) is 11.4 Å². The van der Waals surface area contributed by atoms with Crippen LogP contribution in [0.2, 0.25) is 0 Å². The SMILES string of the molecule is CCCOc1cccc(-c2ncc(CN)n2C)c1. The molecule has 0 radical (unpaired) electrons. The summed E-state index contributed by atoms with van der Waals surface area (Å²) in [5, 5.41) is 0. The van der Waals surface area contributed by atoms with Crippen LogP contribution in [0, 0.1) is 0 Å². The fraction of sp³-hybridized carbons (Fsp3) is 0.357. The van der Waals surface area contributed by atoms with E-state index in [1.807, 2.05) is 42.1 Å². The van der Waals surface area contributed by atoms with Gasteiger partial charge in [0.15, 0.2) is 0 Å². The summed E-state index contributed by atoms with van der Waals surface area (Å²) in [7, 11) is 1.98. The average molecular weight is 245 g/mol. The first-order valence-electron chi connectivity index (χ1n) is 6.20. The van der Waals surface area contributed by atoms with Crippen molar-refractivity contribution in [1.29, 1.82) is 0 Å². The topological polar surface area (TPSA) is 53.1 Å². The molecule has 0 bridgehead atoms. The molecule has 2 N–H and O–H groups in total. The Bertz CT molecular complexity index is 520. The second-order valence-corrected chi connectivity index (χ2v) is 4.21. The van der Waals surface area contributed by atoms with Crippen molar-refractivity contribution in [3.63, 3.8) is 0 Å². The zero-order valence-corrected chi connectivity index (χ0v) is 10.9. The highest BCUT2D eigenvalue weighted by atomic mass is 16.5. The van der Waals surface area contributed by atoms with E-state index >= 15 is 0 Å². The minimum absolute atomic E-state index is 0.496. The Balaban J connectivity index is 2.29. The Kier molecular flexibility index (Phi) is 3.99. The van der Waals surface area contributed by atoms with Gasteiger partial charge >= 0.3 is 0 Å². The lowest BCUT2D eigenvalue weighted by molar-refractivity contribution is 0.317. The summed E-state index contributed by atoms with van der Waals surface area (Å²) >= 11 is 0. The largest absolute Gasteiger partial charge is 0.494 e. The molecule has 4 heteroatoms. The molecule has 0 fully saturated rings. The van der Waals surface area contributed by atoms with Gasteiger partial charge in [0.25, 0.3) is 0 Å². The van der Waals surface area contributed by atoms with E-state index in [1.54, 1.807) is 0 Å². The molecule has 0 saturated carbocycles. The summed E-state index contributed by atoms with van der Waals surface area (Å²) in [6, 6.07) is 7.99. The zero-order chi connectivity index (χ0) is 13.0. The summed E-state index contributed by atoms with van der Waals surface area (Å²) in [5.41, 5.74) is 7.72. The maximum absolute atomic E-state index is 5.65. The summed E-state index contributed by atoms with van der Waals surface area (Å²) in [5.74, 6) is 1.80. The monoisotopic (exact) mass is 245 g/mol. The van der Waals surface area contributed by atoms with Crippen molar-refractivity contribution in [2.45, 2.75) is 19.9 Å². The Morgan fingerprint density at radius 3 is 2.89 bits per heavy atom. The number of nitrogens with zero attached hydrogens (tertiary/aromatic N) is 2. The lowest BCUT2D eigenvalue weighted by atomic mass is 10.2. The van der Waals surface area contributed by atoms with Gasteiger partial charge in [-0.15, -0.1) is 0 Å². The molecular weight excluding hydrogens is 226 g/mol. The number of imidazole rings is 1. The summed E-state index contributed by atoms with van der Waals surface area (Å²) in [6.45, 7) is 3.32. The minimum Gasteiger partial charge on any atom is -0.494 e. The Labute approximate surface area is 107 Å². The van der Waals surface area contributed by atoms with Gasteiger partial charge in [-0.05, 0) is 18.6 Å². The highest BCUT2D eigenvalue weighted by molar-refractivity contribution is 5.58. The first-order chi connectivity index (χ1) is 8.76. The van der Waals surface area contributed by atoms with E-state index in [9.17, 15) is 0 Å². The third-order valence-corrected chi connectivity index (χ3v) is 2.86. The van der Waals surface area contributed by atoms with Gasteiger partial charge in [0, 0.05) is 19.2 Å². The molecule has 1 aromatic heterocycles. The number of nitrogens with two attached hydrogens (primary N) is 1. The fourth-order valence-electron chi connectivity index (χ4n) is 1.85. The van der Waals surface area contributed by atoms with Crippen LogP contribution < -0.4 is 10.5 Å². The van der Waals surface area contributed by atoms with E-state index in [1.165, 1.54) is 0 Å². The molecule has 0 amide bonds. The van der Waals surface area contributed by atoms with Gasteiger partial charge in [-0.1, -0.05) is 19.1 Å². The van der Waals surface area contributed by atoms with Gasteiger partial charge in [0.1, 0.15) is 11.6 Å². The van der Waals surface area contributed by atoms with Gasteiger partial charge in [0.2, 0.25) is 0 Å². The first kappa shape index (κ1) is 12.6. The maximum Gasteiger partial charge on any atom is 0.140 e. The molecule has 96 valence electrons. The highest BCUT2D eigenvalue weighted by Gasteiger charge is 2.08. The predicted molar refractivity (Wildman–Crippen MR) is 72.3 cm³/mol. The van der Waals surface area contributed by atoms with Crippen molar-refractivity contribution in [1.82, 2.24) is 9.55 Å². The Morgan fingerprint density at radius 1 is 1.39 bits per heavy atom. The van der Waals surface area contributed by atoms with Crippen LogP contribution in [0.5, 0.6) is 5.75 Å². The molecule has 0 aliphatic rings. The van der Waals surface area contributed by atoms with Gasteiger partial charge in [0.05, 0.1) is 18.5 Å². The molecule has 0 aliphatic carbocycles. The van der Waals surface area contributed by atoms with Crippen molar-refractivity contribution >= 4 is 0 Å². The average Bonchev–Trinajstić information content (AvgIpc) is 2.78. The Morgan fingerprint density at radius 2 is 2.22 bits per heavy atom. The third kappa shape index (κ3) is 2.54. The van der Waals surface area contributed by atoms with Crippen molar-refractivity contribution in [3.05, 3.63) is 36.2 Å². The number of hydrogen-bond donors (Lipinski definition) is 1. The number of aromatic nitrogens is 2. The van der Waals surface area contributed by atoms with Crippen molar-refractivity contribution in [3.8, 4) is 17.1 Å². The molecule has 0 saturated heterocycles. The molecule has 1 aromatic carbocycles. The second-order valence-electron chi connectivity index (χ2n) is 4.21. The lowest BCUT2D eigenvalue weighted by Crippen LogP contribution is -2.04. The number of benzene rings is 1. The van der Waals surface area contributed by atoms with Crippen LogP contribution >= 0.6 is 0 Å². The predicted octanol–water partition coefficient (Wildman–Crippen LogP) is 2.33. The first-order valence-corrected chi connectivity index (χ1v) is 6.20. The molecule has 0 unspecified atom stereocenters. The molecule has 2 rings (SSSR count). The van der Waals surface area contributed by atoms with Gasteiger partial charge < -0.3 is 15.0 Å². The molecule has 0 spiro atoms. The van der Waals surface area contributed by atoms with Gasteiger partial charge in [-0.2, -0.15) is 0 Å². The third-order valence-electron chi connectivity index (χ3n) is 2.86. The number of hydrogen-bond acceptors (Lipinski definition) is 3. The highest BCUT2D eigenvalue weighted by Crippen LogP contribution is 2.23. The number of rotatable bonds is 5. The summed E-state index contributed by atoms with van der Waals surface area (Å²) in [4.78, 5) is 4.41. The normalized spacial score (nSPS) is 10.6. The van der Waals surface area contributed by atoms with E-state index in [0.717, 1.165) is 35.9 Å². The minimum atomic E-state index is 0.496. The van der Waals surface area contributed by atoms with Crippen LogP contribution in [0.15, 0.2) is 30.5 Å². The second kappa shape index (κ2) is 5.69. The Hall–Kier alpha value is -1.81. The molecule has 0 aliphatic heterocycles. The van der Waals surface area contributed by atoms with Gasteiger partial charge in [-0.25, -0.2) is 4.98 Å². The van der Waals surface area contributed by atoms with Crippen LogP contribution in [-0.4, -0.2) is 16.2 Å². The van der Waals surface area contributed by atoms with E-state index in [0.29, 0.717) is 6.54 Å². The van der Waals surface area contributed by atoms with Crippen molar-refractivity contribution < 1.29 is 4.74 Å².